The monoisotopic (exact) mass is 613 g/mol. The molecule has 0 aliphatic carbocycles. The van der Waals surface area contributed by atoms with Crippen LogP contribution in [0.5, 0.6) is 0 Å². The summed E-state index contributed by atoms with van der Waals surface area (Å²) in [5.41, 5.74) is 1.82. The van der Waals surface area contributed by atoms with Crippen molar-refractivity contribution >= 4 is 64.3 Å². The number of rotatable bonds is 5. The van der Waals surface area contributed by atoms with Gasteiger partial charge in [0.25, 0.3) is 10.0 Å². The zero-order valence-corrected chi connectivity index (χ0v) is 23.5. The van der Waals surface area contributed by atoms with Crippen LogP contribution >= 0.6 is 15.9 Å². The Morgan fingerprint density at radius 2 is 1.21 bits per heavy atom. The summed E-state index contributed by atoms with van der Waals surface area (Å²) in [5.74, 6) is 0.604. The molecule has 0 radical (unpaired) electrons. The molecule has 38 heavy (non-hydrogen) atoms. The number of hydrogen-bond acceptors (Lipinski definition) is 7. The first-order valence-electron chi connectivity index (χ1n) is 12.2. The summed E-state index contributed by atoms with van der Waals surface area (Å²) < 4.78 is 57.2. The van der Waals surface area contributed by atoms with E-state index in [0.29, 0.717) is 35.6 Å². The summed E-state index contributed by atoms with van der Waals surface area (Å²) >= 11 is 3.35. The summed E-state index contributed by atoms with van der Waals surface area (Å²) in [5, 5.41) is 0. The maximum absolute atomic E-state index is 13.7. The normalized spacial score (nSPS) is 16.7. The van der Waals surface area contributed by atoms with E-state index >= 15 is 0 Å². The summed E-state index contributed by atoms with van der Waals surface area (Å²) in [4.78, 5) is 11.5. The Hall–Kier alpha value is -3.06. The van der Waals surface area contributed by atoms with Crippen LogP contribution in [0, 0.1) is 0 Å². The molecular weight excluding hydrogens is 590 g/mol. The molecule has 0 amide bonds. The lowest BCUT2D eigenvalue weighted by atomic mass is 10.2. The van der Waals surface area contributed by atoms with Gasteiger partial charge in [0.05, 0.1) is 20.8 Å². The Morgan fingerprint density at radius 1 is 0.658 bits per heavy atom. The Balaban J connectivity index is 1.41. The van der Waals surface area contributed by atoms with Crippen molar-refractivity contribution < 1.29 is 16.8 Å². The number of para-hydroxylation sites is 2. The summed E-state index contributed by atoms with van der Waals surface area (Å²) in [6.07, 6.45) is 2.75. The Labute approximate surface area is 230 Å². The molecule has 196 valence electrons. The number of benzene rings is 3. The van der Waals surface area contributed by atoms with Crippen LogP contribution in [0.2, 0.25) is 0 Å². The van der Waals surface area contributed by atoms with Crippen molar-refractivity contribution in [3.63, 3.8) is 0 Å². The second-order valence-electron chi connectivity index (χ2n) is 9.20. The number of hydrogen-bond donors (Lipinski definition) is 0. The number of aromatic nitrogens is 2. The lowest BCUT2D eigenvalue weighted by Crippen LogP contribution is -2.35. The topological polar surface area (TPSA) is 104 Å². The lowest BCUT2D eigenvalue weighted by Gasteiger charge is -2.26. The SMILES string of the molecule is O=S(=O)(c1ccc(N2CN(S(=O)(=O)c3ccc(Br)cc3)c3nc4ccccc4nc32)cc1)N1CCCCC1. The number of halogens is 1. The van der Waals surface area contributed by atoms with Gasteiger partial charge in [0.2, 0.25) is 10.0 Å². The van der Waals surface area contributed by atoms with Gasteiger partial charge in [-0.05, 0) is 73.5 Å². The average Bonchev–Trinajstić information content (AvgIpc) is 3.32. The number of sulfonamides is 2. The van der Waals surface area contributed by atoms with E-state index in [-0.39, 0.29) is 22.3 Å². The van der Waals surface area contributed by atoms with Crippen LogP contribution in [0.1, 0.15) is 19.3 Å². The molecule has 0 unspecified atom stereocenters. The predicted molar refractivity (Wildman–Crippen MR) is 149 cm³/mol. The van der Waals surface area contributed by atoms with Crippen LogP contribution in [-0.4, -0.2) is 50.9 Å². The fraction of sp³-hybridized carbons (Fsp3) is 0.231. The first-order valence-corrected chi connectivity index (χ1v) is 15.9. The van der Waals surface area contributed by atoms with E-state index in [2.05, 4.69) is 20.9 Å². The van der Waals surface area contributed by atoms with Gasteiger partial charge >= 0.3 is 0 Å². The number of piperidine rings is 1. The third kappa shape index (κ3) is 4.35. The van der Waals surface area contributed by atoms with E-state index < -0.39 is 20.0 Å². The molecule has 1 fully saturated rings. The second kappa shape index (κ2) is 9.60. The molecular formula is C26H24BrN5O4S2. The van der Waals surface area contributed by atoms with Gasteiger partial charge in [0.15, 0.2) is 11.6 Å². The molecule has 6 rings (SSSR count). The Kier molecular flexibility index (Phi) is 6.37. The molecule has 1 saturated heterocycles. The van der Waals surface area contributed by atoms with E-state index in [1.165, 1.54) is 20.7 Å². The molecule has 2 aliphatic rings. The molecule has 9 nitrogen and oxygen atoms in total. The van der Waals surface area contributed by atoms with E-state index in [1.54, 1.807) is 47.4 Å². The van der Waals surface area contributed by atoms with Crippen molar-refractivity contribution in [1.82, 2.24) is 14.3 Å². The first kappa shape index (κ1) is 25.2. The molecule has 0 spiro atoms. The minimum Gasteiger partial charge on any atom is -0.304 e. The third-order valence-electron chi connectivity index (χ3n) is 6.80. The van der Waals surface area contributed by atoms with E-state index in [0.717, 1.165) is 23.7 Å². The van der Waals surface area contributed by atoms with Crippen LogP contribution in [0.4, 0.5) is 17.3 Å². The summed E-state index contributed by atoms with van der Waals surface area (Å²) in [6, 6.07) is 20.2. The highest BCUT2D eigenvalue weighted by Gasteiger charge is 2.39. The van der Waals surface area contributed by atoms with E-state index in [4.69, 9.17) is 4.98 Å². The molecule has 12 heteroatoms. The molecule has 0 saturated carbocycles. The van der Waals surface area contributed by atoms with Gasteiger partial charge in [-0.3, -0.25) is 0 Å². The maximum atomic E-state index is 13.7. The van der Waals surface area contributed by atoms with Crippen molar-refractivity contribution in [3.05, 3.63) is 77.3 Å². The zero-order chi connectivity index (χ0) is 26.5. The quantitative estimate of drug-likeness (QED) is 0.316. The smallest absolute Gasteiger partial charge is 0.267 e. The van der Waals surface area contributed by atoms with Gasteiger partial charge in [-0.2, -0.15) is 4.31 Å². The highest BCUT2D eigenvalue weighted by molar-refractivity contribution is 9.10. The van der Waals surface area contributed by atoms with E-state index in [1.807, 2.05) is 18.2 Å². The van der Waals surface area contributed by atoms with Crippen LogP contribution in [0.15, 0.2) is 87.1 Å². The van der Waals surface area contributed by atoms with Crippen molar-refractivity contribution in [2.75, 3.05) is 29.0 Å². The minimum atomic E-state index is -3.96. The third-order valence-corrected chi connectivity index (χ3v) is 11.0. The molecule has 0 atom stereocenters. The molecule has 1 aromatic heterocycles. The lowest BCUT2D eigenvalue weighted by molar-refractivity contribution is 0.346. The number of fused-ring (bicyclic) bond motifs is 2. The fourth-order valence-corrected chi connectivity index (χ4v) is 7.91. The van der Waals surface area contributed by atoms with Crippen molar-refractivity contribution in [3.8, 4) is 0 Å². The van der Waals surface area contributed by atoms with E-state index in [9.17, 15) is 16.8 Å². The summed E-state index contributed by atoms with van der Waals surface area (Å²) in [7, 11) is -7.55. The number of anilines is 3. The Bertz CT molecular complexity index is 1720. The zero-order valence-electron chi connectivity index (χ0n) is 20.2. The molecule has 3 heterocycles. The van der Waals surface area contributed by atoms with Crippen molar-refractivity contribution in [2.24, 2.45) is 0 Å². The highest BCUT2D eigenvalue weighted by Crippen LogP contribution is 2.42. The number of nitrogens with zero attached hydrogens (tertiary/aromatic N) is 5. The summed E-state index contributed by atoms with van der Waals surface area (Å²) in [6.45, 7) is 0.993. The van der Waals surface area contributed by atoms with Crippen molar-refractivity contribution in [2.45, 2.75) is 29.1 Å². The molecule has 3 aromatic carbocycles. The maximum Gasteiger partial charge on any atom is 0.267 e. The standard InChI is InChI=1S/C26H24BrN5O4S2/c27-19-8-12-22(13-9-19)38(35,36)32-18-31(25-26(32)29-24-7-3-2-6-23(24)28-25)20-10-14-21(15-11-20)37(33,34)30-16-4-1-5-17-30/h2-3,6-15H,1,4-5,16-18H2. The van der Waals surface area contributed by atoms with Crippen LogP contribution in [0.3, 0.4) is 0 Å². The first-order chi connectivity index (χ1) is 18.2. The van der Waals surface area contributed by atoms with Crippen molar-refractivity contribution in [1.29, 1.82) is 0 Å². The fourth-order valence-electron chi connectivity index (χ4n) is 4.77. The van der Waals surface area contributed by atoms with Crippen LogP contribution in [0.25, 0.3) is 11.0 Å². The largest absolute Gasteiger partial charge is 0.304 e. The minimum absolute atomic E-state index is 0.0533. The van der Waals surface area contributed by atoms with Crippen LogP contribution in [-0.2, 0) is 20.0 Å². The van der Waals surface area contributed by atoms with Crippen LogP contribution < -0.4 is 9.21 Å². The highest BCUT2D eigenvalue weighted by atomic mass is 79.9. The average molecular weight is 615 g/mol. The molecule has 0 bridgehead atoms. The van der Waals surface area contributed by atoms with Gasteiger partial charge in [-0.15, -0.1) is 0 Å². The molecule has 0 N–H and O–H groups in total. The van der Waals surface area contributed by atoms with Gasteiger partial charge in [0, 0.05) is 23.2 Å². The predicted octanol–water partition coefficient (Wildman–Crippen LogP) is 4.87. The van der Waals surface area contributed by atoms with Gasteiger partial charge < -0.3 is 4.90 Å². The molecule has 4 aromatic rings. The van der Waals surface area contributed by atoms with Gasteiger partial charge in [-0.1, -0.05) is 34.5 Å². The van der Waals surface area contributed by atoms with Gasteiger partial charge in [-0.25, -0.2) is 31.1 Å². The Morgan fingerprint density at radius 3 is 1.84 bits per heavy atom. The van der Waals surface area contributed by atoms with Gasteiger partial charge in [0.1, 0.15) is 6.67 Å². The second-order valence-corrected chi connectivity index (χ2v) is 13.9. The molecule has 2 aliphatic heterocycles.